The van der Waals surface area contributed by atoms with Crippen molar-refractivity contribution in [3.05, 3.63) is 23.0 Å². The van der Waals surface area contributed by atoms with Crippen LogP contribution in [0.3, 0.4) is 0 Å². The molecule has 1 unspecified atom stereocenters. The maximum atomic E-state index is 14.0. The Kier molecular flexibility index (Phi) is 6.83. The molecule has 38 heavy (non-hydrogen) atoms. The molecular weight excluding hydrogens is 508 g/mol. The summed E-state index contributed by atoms with van der Waals surface area (Å²) >= 11 is 7.20. The summed E-state index contributed by atoms with van der Waals surface area (Å²) in [5.41, 5.74) is 0.666. The van der Waals surface area contributed by atoms with E-state index in [1.165, 1.54) is 5.57 Å². The molecule has 9 atom stereocenters. The van der Waals surface area contributed by atoms with Crippen LogP contribution in [0, 0.1) is 34.5 Å². The van der Waals surface area contributed by atoms with Crippen LogP contribution in [0.2, 0.25) is 0 Å². The van der Waals surface area contributed by atoms with E-state index >= 15 is 0 Å². The highest BCUT2D eigenvalue weighted by atomic mass is 35.5. The molecule has 0 aliphatic heterocycles. The average molecular weight is 547 g/mol. The smallest absolute Gasteiger partial charge is 0.306 e. The van der Waals surface area contributed by atoms with Crippen LogP contribution >= 0.6 is 11.6 Å². The molecule has 0 radical (unpaired) electrons. The largest absolute Gasteiger partial charge is 0.457 e. The lowest BCUT2D eigenvalue weighted by molar-refractivity contribution is -0.207. The van der Waals surface area contributed by atoms with Crippen molar-refractivity contribution in [2.45, 2.75) is 90.2 Å². The Labute approximate surface area is 228 Å². The molecule has 1 aromatic heterocycles. The van der Waals surface area contributed by atoms with E-state index in [0.717, 1.165) is 17.7 Å². The standard InChI is InChI=1S/C29H39ClN2O6/c1-6-23(35)37-14-22(34)29(38-24(36)7-2)15(3)8-18-25-19(30)9-17-10-20-16(13-31-32-20)11-27(17,4)26(25)21(33)12-28(18,29)5/h10,13,15,18-19,21,25-26,33H,6-9,11-12,14H2,1-5H3,(H,31,32)/t15-,18+,19-,21+,25-,26+,27+,28+,29?/m1/s1. The summed E-state index contributed by atoms with van der Waals surface area (Å²) in [6.45, 7) is 9.02. The van der Waals surface area contributed by atoms with Crippen molar-refractivity contribution >= 4 is 35.4 Å². The Bertz CT molecular complexity index is 1180. The van der Waals surface area contributed by atoms with Crippen LogP contribution in [0.5, 0.6) is 0 Å². The first-order valence-electron chi connectivity index (χ1n) is 13.9. The number of carbonyl (C=O) groups is 3. The highest BCUT2D eigenvalue weighted by Crippen LogP contribution is 2.70. The van der Waals surface area contributed by atoms with Gasteiger partial charge in [0.25, 0.3) is 0 Å². The van der Waals surface area contributed by atoms with Gasteiger partial charge in [0, 0.05) is 29.6 Å². The summed E-state index contributed by atoms with van der Waals surface area (Å²) in [6.07, 6.45) is 5.86. The lowest BCUT2D eigenvalue weighted by Gasteiger charge is -2.61. The molecule has 0 amide bonds. The Morgan fingerprint density at radius 2 is 1.92 bits per heavy atom. The number of carbonyl (C=O) groups excluding carboxylic acids is 3. The first-order chi connectivity index (χ1) is 17.9. The molecule has 5 rings (SSSR count). The second-order valence-corrected chi connectivity index (χ2v) is 12.9. The number of ether oxygens (including phenoxy) is 2. The number of nitrogens with one attached hydrogen (secondary N) is 1. The Hall–Kier alpha value is -2.19. The van der Waals surface area contributed by atoms with Gasteiger partial charge in [0.05, 0.1) is 18.0 Å². The molecule has 208 valence electrons. The number of hydrogen-bond acceptors (Lipinski definition) is 7. The zero-order chi connectivity index (χ0) is 27.6. The third-order valence-electron chi connectivity index (χ3n) is 10.5. The number of nitrogens with zero attached hydrogens (tertiary/aromatic N) is 1. The zero-order valence-corrected chi connectivity index (χ0v) is 23.6. The number of fused-ring (bicyclic) bond motifs is 6. The zero-order valence-electron chi connectivity index (χ0n) is 22.9. The van der Waals surface area contributed by atoms with Gasteiger partial charge in [-0.15, -0.1) is 11.6 Å². The Balaban J connectivity index is 1.57. The van der Waals surface area contributed by atoms with Gasteiger partial charge in [0.2, 0.25) is 5.78 Å². The maximum absolute atomic E-state index is 14.0. The Morgan fingerprint density at radius 3 is 2.61 bits per heavy atom. The average Bonchev–Trinajstić information content (AvgIpc) is 3.40. The van der Waals surface area contributed by atoms with Crippen molar-refractivity contribution in [3.8, 4) is 0 Å². The molecular formula is C29H39ClN2O6. The monoisotopic (exact) mass is 546 g/mol. The fraction of sp³-hybridized carbons (Fsp3) is 0.724. The number of aromatic amines is 1. The number of rotatable bonds is 6. The second-order valence-electron chi connectivity index (χ2n) is 12.3. The molecule has 1 aromatic rings. The number of allylic oxidation sites excluding steroid dienone is 1. The normalized spacial score (nSPS) is 41.2. The summed E-state index contributed by atoms with van der Waals surface area (Å²) in [5.74, 6) is -1.98. The predicted octanol–water partition coefficient (Wildman–Crippen LogP) is 4.24. The van der Waals surface area contributed by atoms with E-state index in [1.807, 2.05) is 20.0 Å². The predicted molar refractivity (Wildman–Crippen MR) is 141 cm³/mol. The van der Waals surface area contributed by atoms with Crippen LogP contribution in [0.4, 0.5) is 0 Å². The maximum Gasteiger partial charge on any atom is 0.306 e. The van der Waals surface area contributed by atoms with Gasteiger partial charge >= 0.3 is 11.9 Å². The number of H-pyrrole nitrogens is 1. The van der Waals surface area contributed by atoms with Gasteiger partial charge in [-0.3, -0.25) is 19.5 Å². The molecule has 3 fully saturated rings. The highest BCUT2D eigenvalue weighted by Gasteiger charge is 2.74. The van der Waals surface area contributed by atoms with Crippen LogP contribution < -0.4 is 0 Å². The van der Waals surface area contributed by atoms with Gasteiger partial charge in [-0.1, -0.05) is 40.2 Å². The number of ketones is 1. The molecule has 1 heterocycles. The van der Waals surface area contributed by atoms with Crippen molar-refractivity contribution in [3.63, 3.8) is 0 Å². The van der Waals surface area contributed by atoms with Gasteiger partial charge in [0.15, 0.2) is 12.2 Å². The van der Waals surface area contributed by atoms with Crippen LogP contribution in [0.1, 0.15) is 78.0 Å². The topological polar surface area (TPSA) is 119 Å². The third-order valence-corrected chi connectivity index (χ3v) is 10.9. The number of halogens is 1. The van der Waals surface area contributed by atoms with Crippen molar-refractivity contribution in [1.82, 2.24) is 10.2 Å². The Morgan fingerprint density at radius 1 is 1.21 bits per heavy atom. The van der Waals surface area contributed by atoms with Crippen LogP contribution in [-0.4, -0.2) is 56.7 Å². The molecule has 0 saturated heterocycles. The van der Waals surface area contributed by atoms with E-state index in [-0.39, 0.29) is 47.3 Å². The van der Waals surface area contributed by atoms with Crippen molar-refractivity contribution in [1.29, 1.82) is 0 Å². The highest BCUT2D eigenvalue weighted by molar-refractivity contribution is 6.21. The van der Waals surface area contributed by atoms with Gasteiger partial charge < -0.3 is 14.6 Å². The van der Waals surface area contributed by atoms with Gasteiger partial charge in [-0.2, -0.15) is 5.10 Å². The summed E-state index contributed by atoms with van der Waals surface area (Å²) in [6, 6.07) is 0. The van der Waals surface area contributed by atoms with E-state index < -0.39 is 41.4 Å². The number of hydrogen-bond donors (Lipinski definition) is 2. The first kappa shape index (κ1) is 27.4. The van der Waals surface area contributed by atoms with Crippen molar-refractivity contribution in [2.24, 2.45) is 34.5 Å². The molecule has 8 nitrogen and oxygen atoms in total. The third kappa shape index (κ3) is 3.73. The number of aliphatic hydroxyl groups is 1. The molecule has 0 spiro atoms. The molecule has 2 N–H and O–H groups in total. The minimum atomic E-state index is -1.51. The van der Waals surface area contributed by atoms with Crippen LogP contribution in [0.15, 0.2) is 11.8 Å². The van der Waals surface area contributed by atoms with E-state index in [4.69, 9.17) is 21.1 Å². The summed E-state index contributed by atoms with van der Waals surface area (Å²) < 4.78 is 11.4. The quantitative estimate of drug-likeness (QED) is 0.404. The lowest BCUT2D eigenvalue weighted by Crippen LogP contribution is -2.66. The van der Waals surface area contributed by atoms with Crippen LogP contribution in [0.25, 0.3) is 6.08 Å². The van der Waals surface area contributed by atoms with Crippen molar-refractivity contribution < 1.29 is 29.0 Å². The van der Waals surface area contributed by atoms with Gasteiger partial charge in [-0.25, -0.2) is 0 Å². The molecule has 0 bridgehead atoms. The van der Waals surface area contributed by atoms with E-state index in [2.05, 4.69) is 23.2 Å². The first-order valence-corrected chi connectivity index (χ1v) is 14.3. The SMILES string of the molecule is CCC(=O)OCC(=O)C1(OC(=O)CC)[C@H](C)C[C@H]2[C@H]3[C@H]([C@@H](O)C[C@@]21C)[C@@]1(C)Cc2cn[nH]c2C=C1C[C@H]3Cl. The number of aliphatic hydroxyl groups excluding tert-OH is 1. The minimum absolute atomic E-state index is 0.0620. The molecule has 4 aliphatic rings. The number of Topliss-reactive ketones (excluding diaryl/α,β-unsaturated/α-hetero) is 1. The van der Waals surface area contributed by atoms with E-state index in [0.29, 0.717) is 19.3 Å². The number of alkyl halides is 1. The number of aromatic nitrogens is 2. The van der Waals surface area contributed by atoms with Crippen LogP contribution in [-0.2, 0) is 30.3 Å². The summed E-state index contributed by atoms with van der Waals surface area (Å²) in [4.78, 5) is 38.7. The van der Waals surface area contributed by atoms with Gasteiger partial charge in [-0.05, 0) is 60.5 Å². The van der Waals surface area contributed by atoms with E-state index in [1.54, 1.807) is 13.8 Å². The molecule has 9 heteroatoms. The van der Waals surface area contributed by atoms with Crippen molar-refractivity contribution in [2.75, 3.05) is 6.61 Å². The summed E-state index contributed by atoms with van der Waals surface area (Å²) in [7, 11) is 0. The minimum Gasteiger partial charge on any atom is -0.457 e. The fourth-order valence-electron chi connectivity index (χ4n) is 8.80. The van der Waals surface area contributed by atoms with Gasteiger partial charge in [0.1, 0.15) is 0 Å². The molecule has 0 aromatic carbocycles. The molecule has 4 aliphatic carbocycles. The fourth-order valence-corrected chi connectivity index (χ4v) is 9.30. The summed E-state index contributed by atoms with van der Waals surface area (Å²) in [5, 5.41) is 19.0. The number of esters is 2. The second kappa shape index (κ2) is 9.47. The lowest BCUT2D eigenvalue weighted by atomic mass is 9.45. The molecule has 3 saturated carbocycles. The van der Waals surface area contributed by atoms with E-state index in [9.17, 15) is 19.5 Å².